The average Bonchev–Trinajstić information content (AvgIpc) is 2.63. The van der Waals surface area contributed by atoms with Gasteiger partial charge in [-0.15, -0.1) is 0 Å². The van der Waals surface area contributed by atoms with Crippen LogP contribution in [0.2, 0.25) is 0 Å². The van der Waals surface area contributed by atoms with E-state index in [0.29, 0.717) is 12.1 Å². The van der Waals surface area contributed by atoms with Gasteiger partial charge in [-0.25, -0.2) is 4.98 Å². The number of amides is 1. The fourth-order valence-electron chi connectivity index (χ4n) is 2.33. The Balaban J connectivity index is 1.61. The maximum absolute atomic E-state index is 12.3. The van der Waals surface area contributed by atoms with Gasteiger partial charge in [0.1, 0.15) is 5.82 Å². The van der Waals surface area contributed by atoms with Crippen molar-refractivity contribution < 1.29 is 4.79 Å². The highest BCUT2D eigenvalue weighted by Gasteiger charge is 2.08. The Morgan fingerprint density at radius 2 is 1.71 bits per heavy atom. The zero-order valence-corrected chi connectivity index (χ0v) is 13.5. The van der Waals surface area contributed by atoms with Crippen LogP contribution in [0.5, 0.6) is 0 Å². The van der Waals surface area contributed by atoms with E-state index in [1.165, 1.54) is 5.56 Å². The van der Waals surface area contributed by atoms with Crippen molar-refractivity contribution in [2.75, 3.05) is 10.6 Å². The number of rotatable bonds is 5. The van der Waals surface area contributed by atoms with E-state index in [0.717, 1.165) is 17.1 Å². The molecular weight excluding hydrogens is 298 g/mol. The number of hydrogen-bond donors (Lipinski definition) is 2. The fourth-order valence-corrected chi connectivity index (χ4v) is 2.33. The number of nitrogens with one attached hydrogen (secondary N) is 2. The number of carbonyl (C=O) groups is 1. The van der Waals surface area contributed by atoms with E-state index in [1.54, 1.807) is 12.3 Å². The van der Waals surface area contributed by atoms with E-state index in [1.807, 2.05) is 55.5 Å². The number of hydrogen-bond acceptors (Lipinski definition) is 3. The molecule has 0 spiro atoms. The zero-order valence-electron chi connectivity index (χ0n) is 13.5. The molecule has 0 fully saturated rings. The molecule has 1 aromatic heterocycles. The van der Waals surface area contributed by atoms with Crippen molar-refractivity contribution >= 4 is 17.4 Å². The average molecular weight is 317 g/mol. The Morgan fingerprint density at radius 1 is 0.958 bits per heavy atom. The van der Waals surface area contributed by atoms with E-state index >= 15 is 0 Å². The van der Waals surface area contributed by atoms with Crippen LogP contribution in [0.3, 0.4) is 0 Å². The summed E-state index contributed by atoms with van der Waals surface area (Å²) in [5, 5.41) is 6.15. The van der Waals surface area contributed by atoms with E-state index in [9.17, 15) is 4.79 Å². The first-order valence-electron chi connectivity index (χ1n) is 7.83. The summed E-state index contributed by atoms with van der Waals surface area (Å²) in [4.78, 5) is 16.6. The third kappa shape index (κ3) is 3.98. The van der Waals surface area contributed by atoms with Crippen molar-refractivity contribution in [2.24, 2.45) is 0 Å². The molecule has 2 aromatic carbocycles. The third-order valence-corrected chi connectivity index (χ3v) is 3.74. The first-order valence-corrected chi connectivity index (χ1v) is 7.83. The van der Waals surface area contributed by atoms with Gasteiger partial charge >= 0.3 is 0 Å². The molecule has 1 amide bonds. The summed E-state index contributed by atoms with van der Waals surface area (Å²) in [5.41, 5.74) is 3.55. The molecule has 3 aromatic rings. The molecule has 4 heteroatoms. The first-order chi connectivity index (χ1) is 11.7. The van der Waals surface area contributed by atoms with Gasteiger partial charge in [0, 0.05) is 18.4 Å². The minimum absolute atomic E-state index is 0.161. The van der Waals surface area contributed by atoms with Crippen LogP contribution in [0.25, 0.3) is 0 Å². The van der Waals surface area contributed by atoms with Gasteiger partial charge in [0.2, 0.25) is 0 Å². The lowest BCUT2D eigenvalue weighted by molar-refractivity contribution is 0.102. The van der Waals surface area contributed by atoms with Crippen LogP contribution in [-0.4, -0.2) is 10.9 Å². The molecule has 120 valence electrons. The number of aryl methyl sites for hydroxylation is 1. The number of carbonyl (C=O) groups excluding carboxylic acids is 1. The van der Waals surface area contributed by atoms with Crippen LogP contribution in [0.4, 0.5) is 11.5 Å². The highest BCUT2D eigenvalue weighted by molar-refractivity contribution is 6.04. The van der Waals surface area contributed by atoms with Gasteiger partial charge in [-0.3, -0.25) is 4.79 Å². The number of aromatic nitrogens is 1. The van der Waals surface area contributed by atoms with E-state index in [4.69, 9.17) is 0 Å². The molecular formula is C20H19N3O. The normalized spacial score (nSPS) is 10.2. The summed E-state index contributed by atoms with van der Waals surface area (Å²) in [5.74, 6) is 0.581. The van der Waals surface area contributed by atoms with Gasteiger partial charge in [-0.1, -0.05) is 48.5 Å². The smallest absolute Gasteiger partial charge is 0.257 e. The van der Waals surface area contributed by atoms with Gasteiger partial charge in [0.05, 0.1) is 5.56 Å². The van der Waals surface area contributed by atoms with Crippen LogP contribution in [0.15, 0.2) is 72.9 Å². The molecule has 0 aliphatic carbocycles. The summed E-state index contributed by atoms with van der Waals surface area (Å²) in [6, 6.07) is 21.4. The highest BCUT2D eigenvalue weighted by Crippen LogP contribution is 2.15. The monoisotopic (exact) mass is 317 g/mol. The van der Waals surface area contributed by atoms with Crippen molar-refractivity contribution in [3.63, 3.8) is 0 Å². The van der Waals surface area contributed by atoms with E-state index in [2.05, 4.69) is 27.8 Å². The maximum Gasteiger partial charge on any atom is 0.257 e. The van der Waals surface area contributed by atoms with Gasteiger partial charge in [0.15, 0.2) is 0 Å². The number of anilines is 2. The molecule has 0 bridgehead atoms. The number of benzene rings is 2. The Morgan fingerprint density at radius 3 is 2.42 bits per heavy atom. The molecule has 4 nitrogen and oxygen atoms in total. The van der Waals surface area contributed by atoms with E-state index < -0.39 is 0 Å². The van der Waals surface area contributed by atoms with Crippen molar-refractivity contribution in [2.45, 2.75) is 13.5 Å². The number of para-hydroxylation sites is 1. The van der Waals surface area contributed by atoms with Crippen molar-refractivity contribution in [1.82, 2.24) is 4.98 Å². The summed E-state index contributed by atoms with van der Waals surface area (Å²) < 4.78 is 0. The fraction of sp³-hybridized carbons (Fsp3) is 0.100. The van der Waals surface area contributed by atoms with Gasteiger partial charge in [0.25, 0.3) is 5.91 Å². The third-order valence-electron chi connectivity index (χ3n) is 3.74. The summed E-state index contributed by atoms with van der Waals surface area (Å²) in [7, 11) is 0. The molecule has 24 heavy (non-hydrogen) atoms. The van der Waals surface area contributed by atoms with Crippen molar-refractivity contribution in [3.8, 4) is 0 Å². The quantitative estimate of drug-likeness (QED) is 0.739. The summed E-state index contributed by atoms with van der Waals surface area (Å²) in [6.07, 6.45) is 1.58. The first kappa shape index (κ1) is 15.7. The molecule has 0 radical (unpaired) electrons. The molecule has 3 rings (SSSR count). The van der Waals surface area contributed by atoms with Crippen LogP contribution >= 0.6 is 0 Å². The lowest BCUT2D eigenvalue weighted by atomic mass is 10.2. The molecule has 0 unspecified atom stereocenters. The van der Waals surface area contributed by atoms with E-state index in [-0.39, 0.29) is 5.91 Å². The summed E-state index contributed by atoms with van der Waals surface area (Å²) >= 11 is 0. The SMILES string of the molecule is Cc1ccccc1NC(=O)c1ccc(NCc2ccccc2)nc1. The van der Waals surface area contributed by atoms with Crippen LogP contribution in [0.1, 0.15) is 21.5 Å². The minimum atomic E-state index is -0.161. The van der Waals surface area contributed by atoms with Crippen LogP contribution in [0, 0.1) is 6.92 Å². The van der Waals surface area contributed by atoms with Crippen LogP contribution in [-0.2, 0) is 6.54 Å². The predicted molar refractivity (Wildman–Crippen MR) is 97.1 cm³/mol. The topological polar surface area (TPSA) is 54.0 Å². The maximum atomic E-state index is 12.3. The van der Waals surface area contributed by atoms with Gasteiger partial charge in [-0.05, 0) is 36.2 Å². The number of pyridine rings is 1. The second-order valence-electron chi connectivity index (χ2n) is 5.54. The standard InChI is InChI=1S/C20H19N3O/c1-15-7-5-6-10-18(15)23-20(24)17-11-12-19(22-14-17)21-13-16-8-3-2-4-9-16/h2-12,14H,13H2,1H3,(H,21,22)(H,23,24). The van der Waals surface area contributed by atoms with Crippen LogP contribution < -0.4 is 10.6 Å². The molecule has 1 heterocycles. The molecule has 2 N–H and O–H groups in total. The molecule has 0 aliphatic heterocycles. The molecule has 0 atom stereocenters. The predicted octanol–water partition coefficient (Wildman–Crippen LogP) is 4.25. The number of nitrogens with zero attached hydrogens (tertiary/aromatic N) is 1. The van der Waals surface area contributed by atoms with Gasteiger partial charge in [-0.2, -0.15) is 0 Å². The highest BCUT2D eigenvalue weighted by atomic mass is 16.1. The van der Waals surface area contributed by atoms with Crippen molar-refractivity contribution in [3.05, 3.63) is 89.6 Å². The Hall–Kier alpha value is -3.14. The van der Waals surface area contributed by atoms with Gasteiger partial charge < -0.3 is 10.6 Å². The Labute approximate surface area is 141 Å². The summed E-state index contributed by atoms with van der Waals surface area (Å²) in [6.45, 7) is 2.66. The molecule has 0 saturated carbocycles. The molecule has 0 aliphatic rings. The Bertz CT molecular complexity index is 814. The second-order valence-corrected chi connectivity index (χ2v) is 5.54. The largest absolute Gasteiger partial charge is 0.366 e. The lowest BCUT2D eigenvalue weighted by Gasteiger charge is -2.09. The second kappa shape index (κ2) is 7.42. The minimum Gasteiger partial charge on any atom is -0.366 e. The lowest BCUT2D eigenvalue weighted by Crippen LogP contribution is -2.13. The molecule has 0 saturated heterocycles. The Kier molecular flexibility index (Phi) is 4.87. The van der Waals surface area contributed by atoms with Crippen molar-refractivity contribution in [1.29, 1.82) is 0 Å². The zero-order chi connectivity index (χ0) is 16.8.